The highest BCUT2D eigenvalue weighted by Gasteiger charge is 2.12. The third-order valence-electron chi connectivity index (χ3n) is 3.41. The van der Waals surface area contributed by atoms with Crippen LogP contribution in [-0.2, 0) is 6.42 Å². The highest BCUT2D eigenvalue weighted by molar-refractivity contribution is 6.05. The maximum atomic E-state index is 11.7. The van der Waals surface area contributed by atoms with Gasteiger partial charge in [-0.3, -0.25) is 9.36 Å². The van der Waals surface area contributed by atoms with Gasteiger partial charge in [-0.25, -0.2) is 9.97 Å². The molecule has 1 aromatic carbocycles. The molecule has 5 nitrogen and oxygen atoms in total. The summed E-state index contributed by atoms with van der Waals surface area (Å²) in [6.07, 6.45) is 5.44. The van der Waals surface area contributed by atoms with Crippen molar-refractivity contribution in [1.82, 2.24) is 14.5 Å². The van der Waals surface area contributed by atoms with Crippen molar-refractivity contribution in [1.29, 1.82) is 0 Å². The minimum Gasteiger partial charge on any atom is -0.366 e. The van der Waals surface area contributed by atoms with E-state index in [1.54, 1.807) is 12.3 Å². The van der Waals surface area contributed by atoms with Gasteiger partial charge in [-0.15, -0.1) is 0 Å². The van der Waals surface area contributed by atoms with Crippen LogP contribution in [0.5, 0.6) is 0 Å². The average molecular weight is 280 g/mol. The minimum atomic E-state index is -0.452. The molecule has 0 saturated carbocycles. The molecular weight excluding hydrogens is 264 g/mol. The molecule has 2 N–H and O–H groups in total. The number of hydrogen-bond donors (Lipinski definition) is 1. The molecule has 0 unspecified atom stereocenters. The molecule has 3 aromatic rings. The standard InChI is InChI=1S/C16H16N4O/c1-2-5-14-18-8-9-20(14)15-10-12(16(17)21)11-6-3-4-7-13(11)19-15/h3-4,6-10H,2,5H2,1H3,(H2,17,21). The first-order chi connectivity index (χ1) is 10.2. The maximum Gasteiger partial charge on any atom is 0.249 e. The van der Waals surface area contributed by atoms with Crippen LogP contribution in [0.15, 0.2) is 42.7 Å². The smallest absolute Gasteiger partial charge is 0.249 e. The third-order valence-corrected chi connectivity index (χ3v) is 3.41. The number of nitrogens with two attached hydrogens (primary N) is 1. The van der Waals surface area contributed by atoms with Crippen LogP contribution in [0.2, 0.25) is 0 Å². The third kappa shape index (κ3) is 2.38. The summed E-state index contributed by atoms with van der Waals surface area (Å²) in [5.41, 5.74) is 6.74. The maximum absolute atomic E-state index is 11.7. The number of fused-ring (bicyclic) bond motifs is 1. The highest BCUT2D eigenvalue weighted by Crippen LogP contribution is 2.21. The van der Waals surface area contributed by atoms with E-state index in [1.807, 2.05) is 35.0 Å². The van der Waals surface area contributed by atoms with E-state index in [2.05, 4.69) is 16.9 Å². The Morgan fingerprint density at radius 3 is 2.90 bits per heavy atom. The number of amides is 1. The van der Waals surface area contributed by atoms with Crippen molar-refractivity contribution in [3.8, 4) is 5.82 Å². The monoisotopic (exact) mass is 280 g/mol. The lowest BCUT2D eigenvalue weighted by atomic mass is 10.1. The van der Waals surface area contributed by atoms with Crippen LogP contribution in [-0.4, -0.2) is 20.4 Å². The summed E-state index contributed by atoms with van der Waals surface area (Å²) in [5.74, 6) is 1.14. The first-order valence-electron chi connectivity index (χ1n) is 6.93. The van der Waals surface area contributed by atoms with Gasteiger partial charge in [0, 0.05) is 24.2 Å². The first-order valence-corrected chi connectivity index (χ1v) is 6.93. The lowest BCUT2D eigenvalue weighted by Gasteiger charge is -2.10. The molecule has 0 atom stereocenters. The van der Waals surface area contributed by atoms with E-state index in [9.17, 15) is 4.79 Å². The van der Waals surface area contributed by atoms with Gasteiger partial charge in [-0.2, -0.15) is 0 Å². The van der Waals surface area contributed by atoms with Crippen molar-refractivity contribution in [3.63, 3.8) is 0 Å². The molecule has 0 aliphatic carbocycles. The number of aromatic nitrogens is 3. The Bertz CT molecular complexity index is 807. The zero-order valence-electron chi connectivity index (χ0n) is 11.8. The highest BCUT2D eigenvalue weighted by atomic mass is 16.1. The molecule has 0 fully saturated rings. The molecule has 0 saturated heterocycles. The molecule has 2 heterocycles. The Morgan fingerprint density at radius 1 is 1.33 bits per heavy atom. The van der Waals surface area contributed by atoms with Gasteiger partial charge in [0.1, 0.15) is 11.6 Å². The topological polar surface area (TPSA) is 73.8 Å². The Morgan fingerprint density at radius 2 is 2.14 bits per heavy atom. The summed E-state index contributed by atoms with van der Waals surface area (Å²) in [6.45, 7) is 2.10. The summed E-state index contributed by atoms with van der Waals surface area (Å²) in [6, 6.07) is 9.22. The number of pyridine rings is 1. The zero-order chi connectivity index (χ0) is 14.8. The number of hydrogen-bond acceptors (Lipinski definition) is 3. The van der Waals surface area contributed by atoms with Crippen LogP contribution in [0.4, 0.5) is 0 Å². The van der Waals surface area contributed by atoms with E-state index in [-0.39, 0.29) is 0 Å². The Hall–Kier alpha value is -2.69. The summed E-state index contributed by atoms with van der Waals surface area (Å²) < 4.78 is 1.91. The number of imidazole rings is 1. The minimum absolute atomic E-state index is 0.452. The van der Waals surface area contributed by atoms with Gasteiger partial charge in [0.25, 0.3) is 0 Å². The van der Waals surface area contributed by atoms with Crippen LogP contribution in [0.3, 0.4) is 0 Å². The Labute approximate surface area is 122 Å². The molecule has 0 aliphatic heterocycles. The number of para-hydroxylation sites is 1. The molecule has 0 aliphatic rings. The van der Waals surface area contributed by atoms with E-state index in [1.165, 1.54) is 0 Å². The molecule has 1 amide bonds. The lowest BCUT2D eigenvalue weighted by molar-refractivity contribution is 0.100. The second kappa shape index (κ2) is 5.36. The number of rotatable bonds is 4. The van der Waals surface area contributed by atoms with Gasteiger partial charge in [0.15, 0.2) is 0 Å². The zero-order valence-corrected chi connectivity index (χ0v) is 11.8. The second-order valence-corrected chi connectivity index (χ2v) is 4.87. The predicted octanol–water partition coefficient (Wildman–Crippen LogP) is 2.47. The van der Waals surface area contributed by atoms with Crippen molar-refractivity contribution >= 4 is 16.8 Å². The number of primary amides is 1. The second-order valence-electron chi connectivity index (χ2n) is 4.87. The van der Waals surface area contributed by atoms with Gasteiger partial charge in [0.05, 0.1) is 11.1 Å². The molecule has 0 spiro atoms. The van der Waals surface area contributed by atoms with Crippen molar-refractivity contribution in [2.75, 3.05) is 0 Å². The van der Waals surface area contributed by atoms with Gasteiger partial charge in [0.2, 0.25) is 5.91 Å². The largest absolute Gasteiger partial charge is 0.366 e. The number of aryl methyl sites for hydroxylation is 1. The summed E-state index contributed by atoms with van der Waals surface area (Å²) >= 11 is 0. The fourth-order valence-electron chi connectivity index (χ4n) is 2.44. The molecule has 106 valence electrons. The molecule has 0 radical (unpaired) electrons. The van der Waals surface area contributed by atoms with E-state index in [0.29, 0.717) is 11.4 Å². The number of benzene rings is 1. The quantitative estimate of drug-likeness (QED) is 0.797. The summed E-state index contributed by atoms with van der Waals surface area (Å²) in [7, 11) is 0. The molecule has 21 heavy (non-hydrogen) atoms. The van der Waals surface area contributed by atoms with Crippen LogP contribution in [0.25, 0.3) is 16.7 Å². The van der Waals surface area contributed by atoms with Gasteiger partial charge in [-0.05, 0) is 18.6 Å². The fourth-order valence-corrected chi connectivity index (χ4v) is 2.44. The van der Waals surface area contributed by atoms with Crippen molar-refractivity contribution in [3.05, 3.63) is 54.1 Å². The van der Waals surface area contributed by atoms with Crippen molar-refractivity contribution < 1.29 is 4.79 Å². The Kier molecular flexibility index (Phi) is 3.39. The molecule has 3 rings (SSSR count). The van der Waals surface area contributed by atoms with Crippen molar-refractivity contribution in [2.45, 2.75) is 19.8 Å². The summed E-state index contributed by atoms with van der Waals surface area (Å²) in [4.78, 5) is 20.7. The summed E-state index contributed by atoms with van der Waals surface area (Å²) in [5, 5.41) is 0.769. The average Bonchev–Trinajstić information content (AvgIpc) is 2.94. The molecule has 2 aromatic heterocycles. The normalized spacial score (nSPS) is 10.9. The first kappa shape index (κ1) is 13.3. The van der Waals surface area contributed by atoms with Crippen LogP contribution in [0, 0.1) is 0 Å². The number of nitrogens with zero attached hydrogens (tertiary/aromatic N) is 3. The molecule has 0 bridgehead atoms. The molecule has 5 heteroatoms. The van der Waals surface area contributed by atoms with Gasteiger partial charge in [-0.1, -0.05) is 25.1 Å². The molecular formula is C16H16N4O. The van der Waals surface area contributed by atoms with Crippen molar-refractivity contribution in [2.24, 2.45) is 5.73 Å². The number of carbonyl (C=O) groups is 1. The SMILES string of the molecule is CCCc1nccn1-c1cc(C(N)=O)c2ccccc2n1. The number of carbonyl (C=O) groups excluding carboxylic acids is 1. The van der Waals surface area contributed by atoms with Crippen LogP contribution < -0.4 is 5.73 Å². The van der Waals surface area contributed by atoms with Gasteiger partial charge < -0.3 is 5.73 Å². The Balaban J connectivity index is 2.24. The van der Waals surface area contributed by atoms with E-state index in [4.69, 9.17) is 5.73 Å². The van der Waals surface area contributed by atoms with Crippen LogP contribution in [0.1, 0.15) is 29.5 Å². The van der Waals surface area contributed by atoms with E-state index in [0.717, 1.165) is 29.6 Å². The fraction of sp³-hybridized carbons (Fsp3) is 0.188. The van der Waals surface area contributed by atoms with E-state index >= 15 is 0 Å². The predicted molar refractivity (Wildman–Crippen MR) is 81.4 cm³/mol. The van der Waals surface area contributed by atoms with E-state index < -0.39 is 5.91 Å². The van der Waals surface area contributed by atoms with Gasteiger partial charge >= 0.3 is 0 Å². The lowest BCUT2D eigenvalue weighted by Crippen LogP contribution is -2.13. The van der Waals surface area contributed by atoms with Crippen LogP contribution >= 0.6 is 0 Å².